The van der Waals surface area contributed by atoms with E-state index < -0.39 is 11.9 Å². The lowest BCUT2D eigenvalue weighted by atomic mass is 10.1. The molecule has 2 aromatic carbocycles. The minimum absolute atomic E-state index is 0. The maximum absolute atomic E-state index is 13.8. The lowest BCUT2D eigenvalue weighted by Gasteiger charge is -2.34. The van der Waals surface area contributed by atoms with Gasteiger partial charge in [-0.3, -0.25) is 4.90 Å². The zero-order valence-corrected chi connectivity index (χ0v) is 20.5. The van der Waals surface area contributed by atoms with Crippen molar-refractivity contribution in [3.63, 3.8) is 0 Å². The fourth-order valence-corrected chi connectivity index (χ4v) is 3.93. The average molecular weight is 560 g/mol. The van der Waals surface area contributed by atoms with E-state index in [1.807, 2.05) is 29.2 Å². The molecule has 1 aliphatic heterocycles. The zero-order chi connectivity index (χ0) is 21.5. The van der Waals surface area contributed by atoms with Gasteiger partial charge in [0.1, 0.15) is 18.2 Å². The van der Waals surface area contributed by atoms with Crippen molar-refractivity contribution in [3.8, 4) is 5.75 Å². The SMILES string of the molecule is Cl.OC(COCCOc1ccc(Br)cc1)CN1CCOC(c2cc(F)c(Cl)cc2Cl)C1. The van der Waals surface area contributed by atoms with E-state index in [4.69, 9.17) is 37.4 Å². The molecule has 2 unspecified atom stereocenters. The van der Waals surface area contributed by atoms with Crippen molar-refractivity contribution >= 4 is 51.5 Å². The molecule has 1 saturated heterocycles. The quantitative estimate of drug-likeness (QED) is 0.340. The van der Waals surface area contributed by atoms with Gasteiger partial charge in [-0.15, -0.1) is 12.4 Å². The number of hydrogen-bond acceptors (Lipinski definition) is 5. The van der Waals surface area contributed by atoms with E-state index in [9.17, 15) is 9.50 Å². The van der Waals surface area contributed by atoms with Gasteiger partial charge in [-0.1, -0.05) is 39.1 Å². The third kappa shape index (κ3) is 8.33. The van der Waals surface area contributed by atoms with Gasteiger partial charge in [0.15, 0.2) is 0 Å². The molecule has 0 aliphatic carbocycles. The van der Waals surface area contributed by atoms with Gasteiger partial charge in [0, 0.05) is 34.7 Å². The van der Waals surface area contributed by atoms with Crippen LogP contribution in [0, 0.1) is 5.82 Å². The molecule has 0 bridgehead atoms. The Bertz CT molecular complexity index is 831. The maximum Gasteiger partial charge on any atom is 0.142 e. The second-order valence-electron chi connectivity index (χ2n) is 6.94. The van der Waals surface area contributed by atoms with Crippen LogP contribution in [-0.2, 0) is 9.47 Å². The number of benzene rings is 2. The van der Waals surface area contributed by atoms with Gasteiger partial charge in [-0.05, 0) is 36.4 Å². The Morgan fingerprint density at radius 3 is 2.68 bits per heavy atom. The Kier molecular flexibility index (Phi) is 11.3. The summed E-state index contributed by atoms with van der Waals surface area (Å²) in [6.07, 6.45) is -1.04. The number of nitrogens with zero attached hydrogens (tertiary/aromatic N) is 1. The lowest BCUT2D eigenvalue weighted by Crippen LogP contribution is -2.43. The Morgan fingerprint density at radius 2 is 1.94 bits per heavy atom. The van der Waals surface area contributed by atoms with Crippen molar-refractivity contribution in [2.75, 3.05) is 46.1 Å². The number of morpholine rings is 1. The van der Waals surface area contributed by atoms with Crippen LogP contribution in [0.5, 0.6) is 5.75 Å². The third-order valence-electron chi connectivity index (χ3n) is 4.63. The topological polar surface area (TPSA) is 51.2 Å². The van der Waals surface area contributed by atoms with E-state index in [2.05, 4.69) is 15.9 Å². The summed E-state index contributed by atoms with van der Waals surface area (Å²) in [5.74, 6) is 0.231. The first-order valence-electron chi connectivity index (χ1n) is 9.55. The second kappa shape index (κ2) is 13.2. The zero-order valence-electron chi connectivity index (χ0n) is 16.6. The van der Waals surface area contributed by atoms with Crippen LogP contribution in [0.15, 0.2) is 40.9 Å². The van der Waals surface area contributed by atoms with E-state index in [1.165, 1.54) is 12.1 Å². The molecule has 1 N–H and O–H groups in total. The van der Waals surface area contributed by atoms with Gasteiger partial charge in [0.05, 0.1) is 37.1 Å². The van der Waals surface area contributed by atoms with Crippen LogP contribution in [0.2, 0.25) is 10.0 Å². The number of halogens is 5. The fraction of sp³-hybridized carbons (Fsp3) is 0.429. The van der Waals surface area contributed by atoms with E-state index in [0.29, 0.717) is 50.0 Å². The second-order valence-corrected chi connectivity index (χ2v) is 8.67. The summed E-state index contributed by atoms with van der Waals surface area (Å²) < 4.78 is 31.6. The highest BCUT2D eigenvalue weighted by molar-refractivity contribution is 9.10. The Hall–Kier alpha value is -0.640. The van der Waals surface area contributed by atoms with Gasteiger partial charge < -0.3 is 19.3 Å². The molecule has 31 heavy (non-hydrogen) atoms. The summed E-state index contributed by atoms with van der Waals surface area (Å²) in [7, 11) is 0. The van der Waals surface area contributed by atoms with Crippen molar-refractivity contribution in [3.05, 3.63) is 62.3 Å². The summed E-state index contributed by atoms with van der Waals surface area (Å²) >= 11 is 15.3. The molecule has 172 valence electrons. The number of ether oxygens (including phenoxy) is 3. The molecule has 1 heterocycles. The molecule has 10 heteroatoms. The number of aliphatic hydroxyl groups is 1. The smallest absolute Gasteiger partial charge is 0.142 e. The standard InChI is InChI=1S/C21H23BrCl2FNO4.ClH/c22-14-1-3-16(4-2-14)29-8-7-28-13-15(27)11-26-5-6-30-21(12-26)17-9-20(25)19(24)10-18(17)23;/h1-4,9-10,15,21,27H,5-8,11-13H2;1H. The van der Waals surface area contributed by atoms with Crippen LogP contribution in [-0.4, -0.2) is 62.2 Å². The highest BCUT2D eigenvalue weighted by Gasteiger charge is 2.26. The van der Waals surface area contributed by atoms with Crippen LogP contribution in [0.4, 0.5) is 4.39 Å². The summed E-state index contributed by atoms with van der Waals surface area (Å²) in [6, 6.07) is 10.2. The molecule has 2 aromatic rings. The van der Waals surface area contributed by atoms with Crippen molar-refractivity contribution < 1.29 is 23.7 Å². The van der Waals surface area contributed by atoms with Gasteiger partial charge >= 0.3 is 0 Å². The highest BCUT2D eigenvalue weighted by atomic mass is 79.9. The summed E-state index contributed by atoms with van der Waals surface area (Å²) in [6.45, 7) is 2.99. The first-order valence-corrected chi connectivity index (χ1v) is 11.1. The average Bonchev–Trinajstić information content (AvgIpc) is 2.72. The molecule has 3 rings (SSSR count). The van der Waals surface area contributed by atoms with Crippen molar-refractivity contribution in [1.82, 2.24) is 4.90 Å². The first kappa shape index (κ1) is 26.6. The Labute approximate surface area is 205 Å². The first-order chi connectivity index (χ1) is 14.4. The minimum atomic E-state index is -0.658. The summed E-state index contributed by atoms with van der Waals surface area (Å²) in [4.78, 5) is 2.05. The predicted octanol–water partition coefficient (Wildman–Crippen LogP) is 5.15. The summed E-state index contributed by atoms with van der Waals surface area (Å²) in [5, 5.41) is 10.6. The van der Waals surface area contributed by atoms with Crippen LogP contribution >= 0.6 is 51.5 Å². The molecule has 0 saturated carbocycles. The fourth-order valence-electron chi connectivity index (χ4n) is 3.16. The molecular formula is C21H24BrCl3FNO4. The molecule has 0 radical (unpaired) electrons. The van der Waals surface area contributed by atoms with E-state index >= 15 is 0 Å². The van der Waals surface area contributed by atoms with Gasteiger partial charge in [-0.2, -0.15) is 0 Å². The largest absolute Gasteiger partial charge is 0.491 e. The van der Waals surface area contributed by atoms with Crippen molar-refractivity contribution in [1.29, 1.82) is 0 Å². The van der Waals surface area contributed by atoms with Gasteiger partial charge in [-0.25, -0.2) is 4.39 Å². The minimum Gasteiger partial charge on any atom is -0.491 e. The van der Waals surface area contributed by atoms with E-state index in [0.717, 1.165) is 10.2 Å². The lowest BCUT2D eigenvalue weighted by molar-refractivity contribution is -0.0535. The number of hydrogen-bond donors (Lipinski definition) is 1. The van der Waals surface area contributed by atoms with Gasteiger partial charge in [0.25, 0.3) is 0 Å². The monoisotopic (exact) mass is 557 g/mol. The molecule has 2 atom stereocenters. The molecule has 5 nitrogen and oxygen atoms in total. The van der Waals surface area contributed by atoms with Crippen LogP contribution in [0.25, 0.3) is 0 Å². The highest BCUT2D eigenvalue weighted by Crippen LogP contribution is 2.32. The van der Waals surface area contributed by atoms with Gasteiger partial charge in [0.2, 0.25) is 0 Å². The van der Waals surface area contributed by atoms with Crippen LogP contribution in [0.3, 0.4) is 0 Å². The number of aliphatic hydroxyl groups excluding tert-OH is 1. The Morgan fingerprint density at radius 1 is 1.19 bits per heavy atom. The molecule has 0 spiro atoms. The van der Waals surface area contributed by atoms with E-state index in [1.54, 1.807) is 0 Å². The molecule has 0 amide bonds. The third-order valence-corrected chi connectivity index (χ3v) is 5.77. The molecule has 1 aliphatic rings. The Balaban J connectivity index is 0.00000341. The van der Waals surface area contributed by atoms with Crippen molar-refractivity contribution in [2.45, 2.75) is 12.2 Å². The van der Waals surface area contributed by atoms with Crippen LogP contribution in [0.1, 0.15) is 11.7 Å². The maximum atomic E-state index is 13.8. The van der Waals surface area contributed by atoms with Crippen molar-refractivity contribution in [2.24, 2.45) is 0 Å². The van der Waals surface area contributed by atoms with E-state index in [-0.39, 0.29) is 30.1 Å². The molecular weight excluding hydrogens is 535 g/mol. The summed E-state index contributed by atoms with van der Waals surface area (Å²) in [5.41, 5.74) is 0.555. The van der Waals surface area contributed by atoms with Crippen LogP contribution < -0.4 is 4.74 Å². The predicted molar refractivity (Wildman–Crippen MR) is 125 cm³/mol. The number of β-amino-alcohol motifs (C(OH)–C–C–N with tert-alkyl or cyclic N) is 1. The normalized spacial score (nSPS) is 17.8. The molecule has 1 fully saturated rings. The number of rotatable bonds is 9. The molecule has 0 aromatic heterocycles.